The lowest BCUT2D eigenvalue weighted by Crippen LogP contribution is -2.17. The molecule has 6 nitrogen and oxygen atoms in total. The molecule has 2 aromatic rings. The number of methoxy groups -OCH3 is 1. The van der Waals surface area contributed by atoms with Crippen LogP contribution in [0.4, 0.5) is 0 Å². The van der Waals surface area contributed by atoms with Gasteiger partial charge in [-0.3, -0.25) is 9.59 Å². The average Bonchev–Trinajstić information content (AvgIpc) is 2.40. The second kappa shape index (κ2) is 5.75. The molecule has 0 saturated heterocycles. The first-order valence-corrected chi connectivity index (χ1v) is 6.03. The Hall–Kier alpha value is -2.34. The molecule has 20 heavy (non-hydrogen) atoms. The van der Waals surface area contributed by atoms with Crippen LogP contribution in [0.2, 0.25) is 5.02 Å². The zero-order valence-corrected chi connectivity index (χ0v) is 11.3. The monoisotopic (exact) mass is 294 g/mol. The van der Waals surface area contributed by atoms with Crippen molar-refractivity contribution in [2.75, 3.05) is 7.11 Å². The molecular weight excluding hydrogens is 284 g/mol. The number of ether oxygens (including phenoxy) is 1. The predicted octanol–water partition coefficient (Wildman–Crippen LogP) is 1.73. The van der Waals surface area contributed by atoms with Crippen LogP contribution in [0, 0.1) is 0 Å². The van der Waals surface area contributed by atoms with E-state index in [0.29, 0.717) is 22.0 Å². The Kier molecular flexibility index (Phi) is 4.05. The number of aromatic nitrogens is 2. The van der Waals surface area contributed by atoms with Crippen LogP contribution in [-0.4, -0.2) is 28.4 Å². The molecule has 0 aliphatic carbocycles. The standard InChI is InChI=1S/C13H11ClN2O4/c1-20-11-3-2-7(4-9(11)14)10-5-8(6-12(17)18)13(19)16-15-10/h2-5H,6H2,1H3,(H,16,19)(H,17,18). The van der Waals surface area contributed by atoms with Crippen LogP contribution in [0.15, 0.2) is 29.1 Å². The zero-order valence-electron chi connectivity index (χ0n) is 10.5. The molecule has 1 aromatic carbocycles. The van der Waals surface area contributed by atoms with Gasteiger partial charge in [0.05, 0.1) is 24.2 Å². The number of nitrogens with one attached hydrogen (secondary N) is 1. The molecule has 104 valence electrons. The molecule has 0 spiro atoms. The van der Waals surface area contributed by atoms with Crippen molar-refractivity contribution < 1.29 is 14.6 Å². The summed E-state index contributed by atoms with van der Waals surface area (Å²) >= 11 is 6.02. The molecule has 0 radical (unpaired) electrons. The highest BCUT2D eigenvalue weighted by molar-refractivity contribution is 6.32. The molecule has 0 saturated carbocycles. The van der Waals surface area contributed by atoms with E-state index < -0.39 is 11.5 Å². The van der Waals surface area contributed by atoms with Crippen LogP contribution >= 0.6 is 11.6 Å². The van der Waals surface area contributed by atoms with E-state index in [9.17, 15) is 9.59 Å². The number of carbonyl (C=O) groups is 1. The van der Waals surface area contributed by atoms with Gasteiger partial charge in [-0.05, 0) is 24.3 Å². The number of halogens is 1. The Morgan fingerprint density at radius 2 is 2.20 bits per heavy atom. The molecule has 7 heteroatoms. The van der Waals surface area contributed by atoms with Crippen molar-refractivity contribution in [2.24, 2.45) is 0 Å². The van der Waals surface area contributed by atoms with Crippen molar-refractivity contribution in [3.05, 3.63) is 45.2 Å². The van der Waals surface area contributed by atoms with Gasteiger partial charge in [-0.15, -0.1) is 0 Å². The van der Waals surface area contributed by atoms with Gasteiger partial charge in [0.2, 0.25) is 0 Å². The molecule has 1 aromatic heterocycles. The molecule has 0 bridgehead atoms. The summed E-state index contributed by atoms with van der Waals surface area (Å²) in [5, 5.41) is 15.3. The summed E-state index contributed by atoms with van der Waals surface area (Å²) in [5.74, 6) is -0.564. The van der Waals surface area contributed by atoms with Crippen molar-refractivity contribution in [3.8, 4) is 17.0 Å². The van der Waals surface area contributed by atoms with E-state index in [1.807, 2.05) is 0 Å². The lowest BCUT2D eigenvalue weighted by atomic mass is 10.1. The lowest BCUT2D eigenvalue weighted by Gasteiger charge is -2.06. The van der Waals surface area contributed by atoms with E-state index in [2.05, 4.69) is 10.2 Å². The highest BCUT2D eigenvalue weighted by Crippen LogP contribution is 2.29. The molecule has 0 aliphatic rings. The number of benzene rings is 1. The summed E-state index contributed by atoms with van der Waals surface area (Å²) < 4.78 is 5.04. The summed E-state index contributed by atoms with van der Waals surface area (Å²) in [6, 6.07) is 6.45. The Morgan fingerprint density at radius 3 is 2.80 bits per heavy atom. The Morgan fingerprint density at radius 1 is 1.45 bits per heavy atom. The number of carboxylic acids is 1. The molecular formula is C13H11ClN2O4. The highest BCUT2D eigenvalue weighted by atomic mass is 35.5. The van der Waals surface area contributed by atoms with Crippen LogP contribution < -0.4 is 10.3 Å². The van der Waals surface area contributed by atoms with Crippen LogP contribution in [0.25, 0.3) is 11.3 Å². The third-order valence-corrected chi connectivity index (χ3v) is 2.97. The summed E-state index contributed by atoms with van der Waals surface area (Å²) in [5.41, 5.74) is 0.703. The fourth-order valence-electron chi connectivity index (χ4n) is 1.71. The molecule has 0 atom stereocenters. The minimum Gasteiger partial charge on any atom is -0.495 e. The van der Waals surface area contributed by atoms with Crippen molar-refractivity contribution in [1.82, 2.24) is 10.2 Å². The third-order valence-electron chi connectivity index (χ3n) is 2.67. The van der Waals surface area contributed by atoms with Gasteiger partial charge < -0.3 is 9.84 Å². The van der Waals surface area contributed by atoms with Gasteiger partial charge in [-0.25, -0.2) is 5.10 Å². The predicted molar refractivity (Wildman–Crippen MR) is 73.2 cm³/mol. The minimum absolute atomic E-state index is 0.134. The van der Waals surface area contributed by atoms with Crippen LogP contribution in [0.3, 0.4) is 0 Å². The van der Waals surface area contributed by atoms with Crippen molar-refractivity contribution >= 4 is 17.6 Å². The number of H-pyrrole nitrogens is 1. The summed E-state index contributed by atoms with van der Waals surface area (Å²) in [4.78, 5) is 22.2. The Balaban J connectivity index is 2.45. The van der Waals surface area contributed by atoms with Gasteiger partial charge in [0, 0.05) is 11.1 Å². The van der Waals surface area contributed by atoms with Gasteiger partial charge in [0.25, 0.3) is 5.56 Å². The maximum atomic E-state index is 11.5. The molecule has 2 N–H and O–H groups in total. The quantitative estimate of drug-likeness (QED) is 0.896. The molecule has 0 amide bonds. The first-order chi connectivity index (χ1) is 9.51. The lowest BCUT2D eigenvalue weighted by molar-refractivity contribution is -0.136. The second-order valence-corrected chi connectivity index (χ2v) is 4.43. The highest BCUT2D eigenvalue weighted by Gasteiger charge is 2.10. The Labute approximate surface area is 119 Å². The number of hydrogen-bond donors (Lipinski definition) is 2. The molecule has 2 rings (SSSR count). The number of carboxylic acid groups (broad SMARTS) is 1. The fourth-order valence-corrected chi connectivity index (χ4v) is 1.97. The van der Waals surface area contributed by atoms with Gasteiger partial charge in [-0.2, -0.15) is 5.10 Å². The first kappa shape index (κ1) is 14.1. The van der Waals surface area contributed by atoms with E-state index in [0.717, 1.165) is 0 Å². The smallest absolute Gasteiger partial charge is 0.308 e. The van der Waals surface area contributed by atoms with Gasteiger partial charge >= 0.3 is 5.97 Å². The topological polar surface area (TPSA) is 92.3 Å². The summed E-state index contributed by atoms with van der Waals surface area (Å²) in [7, 11) is 1.50. The number of rotatable bonds is 4. The number of hydrogen-bond acceptors (Lipinski definition) is 4. The van der Waals surface area contributed by atoms with Crippen molar-refractivity contribution in [1.29, 1.82) is 0 Å². The van der Waals surface area contributed by atoms with E-state index in [4.69, 9.17) is 21.4 Å². The Bertz CT molecular complexity index is 712. The van der Waals surface area contributed by atoms with E-state index in [-0.39, 0.29) is 12.0 Å². The van der Waals surface area contributed by atoms with E-state index in [1.54, 1.807) is 18.2 Å². The van der Waals surface area contributed by atoms with Crippen LogP contribution in [0.5, 0.6) is 5.75 Å². The second-order valence-electron chi connectivity index (χ2n) is 4.03. The van der Waals surface area contributed by atoms with E-state index >= 15 is 0 Å². The maximum Gasteiger partial charge on any atom is 0.308 e. The summed E-state index contributed by atoms with van der Waals surface area (Å²) in [6.45, 7) is 0. The SMILES string of the molecule is COc1ccc(-c2cc(CC(=O)O)c(=O)[nH]n2)cc1Cl. The average molecular weight is 295 g/mol. The van der Waals surface area contributed by atoms with Crippen molar-refractivity contribution in [2.45, 2.75) is 6.42 Å². The van der Waals surface area contributed by atoms with Crippen molar-refractivity contribution in [3.63, 3.8) is 0 Å². The molecule has 0 unspecified atom stereocenters. The molecule has 0 aliphatic heterocycles. The number of nitrogens with zero attached hydrogens (tertiary/aromatic N) is 1. The number of aliphatic carboxylic acids is 1. The minimum atomic E-state index is -1.08. The fraction of sp³-hybridized carbons (Fsp3) is 0.154. The zero-order chi connectivity index (χ0) is 14.7. The van der Waals surface area contributed by atoms with Gasteiger partial charge in [0.1, 0.15) is 5.75 Å². The van der Waals surface area contributed by atoms with Gasteiger partial charge in [-0.1, -0.05) is 11.6 Å². The number of aromatic amines is 1. The van der Waals surface area contributed by atoms with Gasteiger partial charge in [0.15, 0.2) is 0 Å². The van der Waals surface area contributed by atoms with E-state index in [1.165, 1.54) is 13.2 Å². The van der Waals surface area contributed by atoms with Crippen LogP contribution in [0.1, 0.15) is 5.56 Å². The summed E-state index contributed by atoms with van der Waals surface area (Å²) in [6.07, 6.45) is -0.366. The molecule has 1 heterocycles. The largest absolute Gasteiger partial charge is 0.495 e. The van der Waals surface area contributed by atoms with Crippen LogP contribution in [-0.2, 0) is 11.2 Å². The normalized spacial score (nSPS) is 10.3. The third kappa shape index (κ3) is 2.97. The maximum absolute atomic E-state index is 11.5. The first-order valence-electron chi connectivity index (χ1n) is 5.65. The molecule has 0 fully saturated rings.